The first-order valence-corrected chi connectivity index (χ1v) is 6.18. The molecule has 0 atom stereocenters. The second-order valence-electron chi connectivity index (χ2n) is 4.02. The van der Waals surface area contributed by atoms with E-state index in [9.17, 15) is 4.79 Å². The second kappa shape index (κ2) is 4.67. The number of carboxylic acids is 1. The number of benzene rings is 1. The zero-order valence-electron chi connectivity index (χ0n) is 9.73. The highest BCUT2D eigenvalue weighted by Crippen LogP contribution is 2.25. The fraction of sp³-hybridized carbons (Fsp3) is 0.231. The molecular formula is C13H13NO2S. The van der Waals surface area contributed by atoms with Crippen LogP contribution in [0.3, 0.4) is 0 Å². The first-order chi connectivity index (χ1) is 8.06. The Morgan fingerprint density at radius 1 is 1.41 bits per heavy atom. The van der Waals surface area contributed by atoms with Crippen LogP contribution in [-0.4, -0.2) is 16.1 Å². The second-order valence-corrected chi connectivity index (χ2v) is 4.96. The average Bonchev–Trinajstić information content (AvgIpc) is 2.65. The molecule has 0 radical (unpaired) electrons. The summed E-state index contributed by atoms with van der Waals surface area (Å²) in [5, 5.41) is 11.3. The predicted octanol–water partition coefficient (Wildman–Crippen LogP) is 3.05. The molecule has 1 aromatic carbocycles. The van der Waals surface area contributed by atoms with Crippen LogP contribution in [0.15, 0.2) is 23.6 Å². The smallest absolute Gasteiger partial charge is 0.310 e. The van der Waals surface area contributed by atoms with Gasteiger partial charge in [-0.3, -0.25) is 4.79 Å². The molecule has 0 unspecified atom stereocenters. The highest BCUT2D eigenvalue weighted by Gasteiger charge is 2.09. The van der Waals surface area contributed by atoms with Crippen LogP contribution in [0.2, 0.25) is 0 Å². The third kappa shape index (κ3) is 2.71. The molecule has 0 aliphatic heterocycles. The van der Waals surface area contributed by atoms with Crippen molar-refractivity contribution < 1.29 is 9.90 Å². The maximum Gasteiger partial charge on any atom is 0.310 e. The quantitative estimate of drug-likeness (QED) is 0.906. The van der Waals surface area contributed by atoms with E-state index in [1.54, 1.807) is 0 Å². The van der Waals surface area contributed by atoms with Crippen molar-refractivity contribution >= 4 is 17.3 Å². The van der Waals surface area contributed by atoms with Crippen molar-refractivity contribution in [2.24, 2.45) is 0 Å². The van der Waals surface area contributed by atoms with Gasteiger partial charge in [-0.2, -0.15) is 0 Å². The summed E-state index contributed by atoms with van der Waals surface area (Å²) in [6.45, 7) is 4.09. The molecule has 0 saturated heterocycles. The van der Waals surface area contributed by atoms with Crippen molar-refractivity contribution in [1.82, 2.24) is 4.98 Å². The Labute approximate surface area is 104 Å². The van der Waals surface area contributed by atoms with Crippen LogP contribution in [0.5, 0.6) is 0 Å². The largest absolute Gasteiger partial charge is 0.481 e. The van der Waals surface area contributed by atoms with Crippen LogP contribution in [-0.2, 0) is 11.2 Å². The zero-order chi connectivity index (χ0) is 12.4. The average molecular weight is 247 g/mol. The van der Waals surface area contributed by atoms with Gasteiger partial charge in [0.05, 0.1) is 12.1 Å². The Balaban J connectivity index is 2.33. The van der Waals surface area contributed by atoms with E-state index in [2.05, 4.69) is 11.1 Å². The van der Waals surface area contributed by atoms with Crippen molar-refractivity contribution in [1.29, 1.82) is 0 Å². The summed E-state index contributed by atoms with van der Waals surface area (Å²) in [4.78, 5) is 14.9. The Bertz CT molecular complexity index is 560. The minimum Gasteiger partial charge on any atom is -0.481 e. The zero-order valence-corrected chi connectivity index (χ0v) is 10.5. The molecule has 0 bridgehead atoms. The van der Waals surface area contributed by atoms with Crippen molar-refractivity contribution in [3.63, 3.8) is 0 Å². The van der Waals surface area contributed by atoms with Gasteiger partial charge in [-0.25, -0.2) is 4.98 Å². The van der Waals surface area contributed by atoms with Crippen LogP contribution in [0.1, 0.15) is 16.1 Å². The summed E-state index contributed by atoms with van der Waals surface area (Å²) in [5.74, 6) is -0.841. The van der Waals surface area contributed by atoms with Crippen molar-refractivity contribution in [2.45, 2.75) is 20.3 Å². The minimum atomic E-state index is -0.841. The van der Waals surface area contributed by atoms with Crippen LogP contribution in [0, 0.1) is 13.8 Å². The summed E-state index contributed by atoms with van der Waals surface area (Å²) in [5.41, 5.74) is 4.32. The summed E-state index contributed by atoms with van der Waals surface area (Å²) in [6, 6.07) is 6.17. The number of hydrogen-bond acceptors (Lipinski definition) is 3. The minimum absolute atomic E-state index is 0.00439. The van der Waals surface area contributed by atoms with Crippen LogP contribution in [0.4, 0.5) is 0 Å². The molecule has 0 amide bonds. The Hall–Kier alpha value is -1.68. The van der Waals surface area contributed by atoms with E-state index >= 15 is 0 Å². The molecule has 0 saturated carbocycles. The lowest BCUT2D eigenvalue weighted by Crippen LogP contribution is -1.99. The molecule has 0 fully saturated rings. The first kappa shape index (κ1) is 11.8. The van der Waals surface area contributed by atoms with E-state index in [0.29, 0.717) is 5.01 Å². The standard InChI is InChI=1S/C13H13NO2S/c1-8-3-4-10(9(2)5-8)11-7-17-12(14-11)6-13(15)16/h3-5,7H,6H2,1-2H3,(H,15,16). The normalized spacial score (nSPS) is 10.5. The maximum absolute atomic E-state index is 10.6. The fourth-order valence-corrected chi connectivity index (χ4v) is 2.53. The van der Waals surface area contributed by atoms with Gasteiger partial charge < -0.3 is 5.11 Å². The van der Waals surface area contributed by atoms with Gasteiger partial charge >= 0.3 is 5.97 Å². The molecule has 0 aliphatic rings. The molecular weight excluding hydrogens is 234 g/mol. The lowest BCUT2D eigenvalue weighted by molar-refractivity contribution is -0.136. The molecule has 4 heteroatoms. The molecule has 2 rings (SSSR count). The Morgan fingerprint density at radius 3 is 2.82 bits per heavy atom. The van der Waals surface area contributed by atoms with E-state index in [0.717, 1.165) is 16.8 Å². The molecule has 88 valence electrons. The van der Waals surface area contributed by atoms with Crippen LogP contribution in [0.25, 0.3) is 11.3 Å². The fourth-order valence-electron chi connectivity index (χ4n) is 1.75. The number of carbonyl (C=O) groups is 1. The molecule has 0 aliphatic carbocycles. The first-order valence-electron chi connectivity index (χ1n) is 5.30. The molecule has 1 aromatic heterocycles. The molecule has 2 aromatic rings. The number of thiazole rings is 1. The van der Waals surface area contributed by atoms with Gasteiger partial charge in [0.25, 0.3) is 0 Å². The number of aromatic nitrogens is 1. The Morgan fingerprint density at radius 2 is 2.18 bits per heavy atom. The van der Waals surface area contributed by atoms with Gasteiger partial charge in [0.15, 0.2) is 0 Å². The molecule has 3 nitrogen and oxygen atoms in total. The monoisotopic (exact) mass is 247 g/mol. The predicted molar refractivity (Wildman–Crippen MR) is 68.4 cm³/mol. The van der Waals surface area contributed by atoms with E-state index in [4.69, 9.17) is 5.11 Å². The highest BCUT2D eigenvalue weighted by molar-refractivity contribution is 7.10. The lowest BCUT2D eigenvalue weighted by Gasteiger charge is -2.03. The third-order valence-corrected chi connectivity index (χ3v) is 3.36. The highest BCUT2D eigenvalue weighted by atomic mass is 32.1. The van der Waals surface area contributed by atoms with Crippen molar-refractivity contribution in [2.75, 3.05) is 0 Å². The van der Waals surface area contributed by atoms with E-state index in [1.165, 1.54) is 16.9 Å². The van der Waals surface area contributed by atoms with Crippen molar-refractivity contribution in [3.8, 4) is 11.3 Å². The number of aryl methyl sites for hydroxylation is 2. The lowest BCUT2D eigenvalue weighted by atomic mass is 10.0. The maximum atomic E-state index is 10.6. The summed E-state index contributed by atoms with van der Waals surface area (Å²) in [7, 11) is 0. The number of carboxylic acid groups (broad SMARTS) is 1. The summed E-state index contributed by atoms with van der Waals surface area (Å²) in [6.07, 6.45) is -0.00439. The van der Waals surface area contributed by atoms with Gasteiger partial charge in [-0.15, -0.1) is 11.3 Å². The van der Waals surface area contributed by atoms with E-state index in [-0.39, 0.29) is 6.42 Å². The van der Waals surface area contributed by atoms with Gasteiger partial charge in [-0.05, 0) is 19.4 Å². The van der Waals surface area contributed by atoms with Gasteiger partial charge in [0, 0.05) is 10.9 Å². The van der Waals surface area contributed by atoms with E-state index in [1.807, 2.05) is 31.4 Å². The van der Waals surface area contributed by atoms with E-state index < -0.39 is 5.97 Å². The van der Waals surface area contributed by atoms with Crippen LogP contribution >= 0.6 is 11.3 Å². The van der Waals surface area contributed by atoms with Crippen molar-refractivity contribution in [3.05, 3.63) is 39.7 Å². The summed E-state index contributed by atoms with van der Waals surface area (Å²) < 4.78 is 0. The van der Waals surface area contributed by atoms with Crippen LogP contribution < -0.4 is 0 Å². The third-order valence-electron chi connectivity index (χ3n) is 2.51. The number of aliphatic carboxylic acids is 1. The van der Waals surface area contributed by atoms with Gasteiger partial charge in [0.1, 0.15) is 5.01 Å². The molecule has 1 heterocycles. The number of hydrogen-bond donors (Lipinski definition) is 1. The van der Waals surface area contributed by atoms with Gasteiger partial charge in [-0.1, -0.05) is 23.8 Å². The van der Waals surface area contributed by atoms with Gasteiger partial charge in [0.2, 0.25) is 0 Å². The Kier molecular flexibility index (Phi) is 3.24. The molecule has 0 spiro atoms. The number of nitrogens with zero attached hydrogens (tertiary/aromatic N) is 1. The molecule has 17 heavy (non-hydrogen) atoms. The summed E-state index contributed by atoms with van der Waals surface area (Å²) >= 11 is 1.39. The molecule has 1 N–H and O–H groups in total. The topological polar surface area (TPSA) is 50.2 Å². The SMILES string of the molecule is Cc1ccc(-c2csc(CC(=O)O)n2)c(C)c1. The number of rotatable bonds is 3.